The van der Waals surface area contributed by atoms with Crippen LogP contribution in [0.25, 0.3) is 11.1 Å². The lowest BCUT2D eigenvalue weighted by atomic mass is 10.0. The Morgan fingerprint density at radius 1 is 1.21 bits per heavy atom. The molecule has 1 saturated heterocycles. The second kappa shape index (κ2) is 6.92. The molecule has 0 aliphatic carbocycles. The molecule has 2 aromatic heterocycles. The van der Waals surface area contributed by atoms with Crippen LogP contribution in [0.15, 0.2) is 47.1 Å². The third kappa shape index (κ3) is 3.34. The fourth-order valence-corrected chi connectivity index (χ4v) is 3.80. The molecule has 4 rings (SSSR count). The number of amides is 1. The molecule has 0 spiro atoms. The van der Waals surface area contributed by atoms with Gasteiger partial charge in [-0.3, -0.25) is 4.79 Å². The number of fused-ring (bicyclic) bond motifs is 1. The Labute approximate surface area is 159 Å². The van der Waals surface area contributed by atoms with Crippen molar-refractivity contribution in [2.75, 3.05) is 25.0 Å². The average molecular weight is 391 g/mol. The minimum absolute atomic E-state index is 0.0311. The maximum Gasteiger partial charge on any atom is 0.418 e. The molecule has 3 heterocycles. The average Bonchev–Trinajstić information content (AvgIpc) is 3.28. The summed E-state index contributed by atoms with van der Waals surface area (Å²) in [5.41, 5.74) is 1.41. The molecule has 1 aliphatic heterocycles. The fourth-order valence-electron chi connectivity index (χ4n) is 3.80. The third-order valence-corrected chi connectivity index (χ3v) is 5.35. The van der Waals surface area contributed by atoms with E-state index in [9.17, 15) is 18.0 Å². The molecule has 1 aromatic carbocycles. The number of nitrogens with one attached hydrogen (secondary N) is 1. The number of furan rings is 1. The zero-order valence-corrected chi connectivity index (χ0v) is 15.3. The minimum Gasteiger partial charge on any atom is -0.463 e. The fraction of sp³-hybridized carbons (Fsp3) is 0.350. The Bertz CT molecular complexity index is 955. The molecule has 0 saturated carbocycles. The van der Waals surface area contributed by atoms with Crippen LogP contribution in [-0.2, 0) is 6.18 Å². The van der Waals surface area contributed by atoms with Gasteiger partial charge in [0, 0.05) is 44.0 Å². The molecule has 1 amide bonds. The zero-order valence-electron chi connectivity index (χ0n) is 15.3. The van der Waals surface area contributed by atoms with E-state index in [0.717, 1.165) is 11.6 Å². The molecule has 1 N–H and O–H groups in total. The lowest BCUT2D eigenvalue weighted by Crippen LogP contribution is -2.46. The summed E-state index contributed by atoms with van der Waals surface area (Å²) in [5.74, 6) is -0.152. The topological polar surface area (TPSA) is 52.5 Å². The number of aromatic nitrogens is 1. The maximum absolute atomic E-state index is 13.3. The number of rotatable bonds is 3. The van der Waals surface area contributed by atoms with Gasteiger partial charge in [0.25, 0.3) is 5.91 Å². The molecule has 0 atom stereocenters. The van der Waals surface area contributed by atoms with Crippen molar-refractivity contribution in [2.24, 2.45) is 0 Å². The molecule has 0 radical (unpaired) electrons. The summed E-state index contributed by atoms with van der Waals surface area (Å²) < 4.78 is 45.1. The van der Waals surface area contributed by atoms with Crippen LogP contribution in [0.1, 0.15) is 28.9 Å². The summed E-state index contributed by atoms with van der Waals surface area (Å²) in [4.78, 5) is 19.2. The Morgan fingerprint density at radius 2 is 1.93 bits per heavy atom. The van der Waals surface area contributed by atoms with Crippen LogP contribution in [0, 0.1) is 0 Å². The van der Waals surface area contributed by atoms with Crippen LogP contribution in [0.2, 0.25) is 0 Å². The predicted molar refractivity (Wildman–Crippen MR) is 99.3 cm³/mol. The van der Waals surface area contributed by atoms with E-state index in [0.29, 0.717) is 37.2 Å². The van der Waals surface area contributed by atoms with Gasteiger partial charge < -0.3 is 19.2 Å². The first-order valence-electron chi connectivity index (χ1n) is 9.09. The summed E-state index contributed by atoms with van der Waals surface area (Å²) in [7, 11) is 1.73. The number of alkyl halides is 3. The van der Waals surface area contributed by atoms with Crippen molar-refractivity contribution in [1.29, 1.82) is 0 Å². The highest BCUT2D eigenvalue weighted by molar-refractivity contribution is 5.96. The highest BCUT2D eigenvalue weighted by atomic mass is 19.4. The number of hydrogen-bond donors (Lipinski definition) is 1. The Morgan fingerprint density at radius 3 is 2.61 bits per heavy atom. The number of H-pyrrole nitrogens is 1. The highest BCUT2D eigenvalue weighted by Crippen LogP contribution is 2.37. The smallest absolute Gasteiger partial charge is 0.418 e. The number of hydrogen-bond acceptors (Lipinski definition) is 3. The molecule has 28 heavy (non-hydrogen) atoms. The normalized spacial score (nSPS) is 15.9. The number of carbonyl (C=O) groups is 1. The number of para-hydroxylation sites is 1. The molecular weight excluding hydrogens is 371 g/mol. The third-order valence-electron chi connectivity index (χ3n) is 5.35. The summed E-state index contributed by atoms with van der Waals surface area (Å²) in [6.45, 7) is 0.922. The minimum atomic E-state index is -4.38. The molecule has 5 nitrogen and oxygen atoms in total. The molecule has 148 valence electrons. The number of nitrogens with zero attached hydrogens (tertiary/aromatic N) is 2. The summed E-state index contributed by atoms with van der Waals surface area (Å²) in [5, 5.41) is 0. The van der Waals surface area contributed by atoms with Gasteiger partial charge in [0.15, 0.2) is 5.58 Å². The van der Waals surface area contributed by atoms with Gasteiger partial charge in [0.2, 0.25) is 0 Å². The first-order chi connectivity index (χ1) is 13.3. The van der Waals surface area contributed by atoms with Gasteiger partial charge >= 0.3 is 6.18 Å². The number of benzene rings is 1. The van der Waals surface area contributed by atoms with Gasteiger partial charge in [0.1, 0.15) is 5.69 Å². The van der Waals surface area contributed by atoms with Gasteiger partial charge in [-0.15, -0.1) is 0 Å². The summed E-state index contributed by atoms with van der Waals surface area (Å²) >= 11 is 0. The lowest BCUT2D eigenvalue weighted by Gasteiger charge is -2.38. The van der Waals surface area contributed by atoms with Gasteiger partial charge in [-0.25, -0.2) is 0 Å². The number of aromatic amines is 1. The van der Waals surface area contributed by atoms with Crippen LogP contribution >= 0.6 is 0 Å². The summed E-state index contributed by atoms with van der Waals surface area (Å²) in [6.07, 6.45) is -1.63. The zero-order chi connectivity index (χ0) is 19.9. The Kier molecular flexibility index (Phi) is 4.56. The molecule has 0 unspecified atom stereocenters. The van der Waals surface area contributed by atoms with Gasteiger partial charge in [-0.05, 0) is 25.0 Å². The quantitative estimate of drug-likeness (QED) is 0.714. The van der Waals surface area contributed by atoms with Crippen molar-refractivity contribution in [3.8, 4) is 0 Å². The van der Waals surface area contributed by atoms with E-state index in [1.54, 1.807) is 41.3 Å². The predicted octanol–water partition coefficient (Wildman–Crippen LogP) is 4.52. The van der Waals surface area contributed by atoms with Gasteiger partial charge in [0.05, 0.1) is 17.3 Å². The molecule has 8 heteroatoms. The molecule has 0 bridgehead atoms. The van der Waals surface area contributed by atoms with E-state index in [1.807, 2.05) is 0 Å². The van der Waals surface area contributed by atoms with Crippen molar-refractivity contribution in [2.45, 2.75) is 25.1 Å². The van der Waals surface area contributed by atoms with Crippen molar-refractivity contribution < 1.29 is 22.4 Å². The summed E-state index contributed by atoms with van der Waals surface area (Å²) in [6, 6.07) is 9.03. The van der Waals surface area contributed by atoms with E-state index in [-0.39, 0.29) is 17.6 Å². The van der Waals surface area contributed by atoms with E-state index in [1.165, 1.54) is 12.1 Å². The van der Waals surface area contributed by atoms with Crippen LogP contribution in [-0.4, -0.2) is 42.0 Å². The van der Waals surface area contributed by atoms with Gasteiger partial charge in [-0.1, -0.05) is 12.1 Å². The van der Waals surface area contributed by atoms with Crippen molar-refractivity contribution in [3.63, 3.8) is 0 Å². The maximum atomic E-state index is 13.3. The molecule has 3 aromatic rings. The van der Waals surface area contributed by atoms with E-state index in [4.69, 9.17) is 4.42 Å². The molecular formula is C20H20F3N3O2. The highest BCUT2D eigenvalue weighted by Gasteiger charge is 2.36. The monoisotopic (exact) mass is 391 g/mol. The van der Waals surface area contributed by atoms with Gasteiger partial charge in [-0.2, -0.15) is 13.2 Å². The largest absolute Gasteiger partial charge is 0.463 e. The first kappa shape index (κ1) is 18.5. The Hall–Kier alpha value is -2.90. The van der Waals surface area contributed by atoms with E-state index >= 15 is 0 Å². The number of anilines is 1. The van der Waals surface area contributed by atoms with Crippen molar-refractivity contribution in [3.05, 3.63) is 53.9 Å². The number of halogens is 3. The van der Waals surface area contributed by atoms with Crippen LogP contribution in [0.3, 0.4) is 0 Å². The molecule has 1 fully saturated rings. The Balaban J connectivity index is 1.44. The van der Waals surface area contributed by atoms with Crippen LogP contribution < -0.4 is 4.90 Å². The second-order valence-corrected chi connectivity index (χ2v) is 7.03. The van der Waals surface area contributed by atoms with E-state index < -0.39 is 11.7 Å². The lowest BCUT2D eigenvalue weighted by molar-refractivity contribution is -0.137. The van der Waals surface area contributed by atoms with Crippen molar-refractivity contribution >= 4 is 22.7 Å². The van der Waals surface area contributed by atoms with Crippen LogP contribution in [0.4, 0.5) is 18.9 Å². The van der Waals surface area contributed by atoms with Crippen LogP contribution in [0.5, 0.6) is 0 Å². The standard InChI is InChI=1S/C20H20F3N3O2/c1-25(19(27)16-12-18-15(24-16)8-11-28-18)13-6-9-26(10-7-13)17-5-3-2-4-14(17)20(21,22)23/h2-5,8,11-13,24H,6-7,9-10H2,1H3. The number of piperidine rings is 1. The van der Waals surface area contributed by atoms with E-state index in [2.05, 4.69) is 4.98 Å². The molecule has 1 aliphatic rings. The van der Waals surface area contributed by atoms with Crippen molar-refractivity contribution in [1.82, 2.24) is 9.88 Å². The number of carbonyl (C=O) groups excluding carboxylic acids is 1. The first-order valence-corrected chi connectivity index (χ1v) is 9.09. The SMILES string of the molecule is CN(C(=O)c1cc2occc2[nH]1)C1CCN(c2ccccc2C(F)(F)F)CC1. The second-order valence-electron chi connectivity index (χ2n) is 7.03.